The Morgan fingerprint density at radius 3 is 1.30 bits per heavy atom. The molecule has 0 aromatic carbocycles. The number of hydrogen-bond donors (Lipinski definition) is 5. The maximum Gasteiger partial charge on any atom is 0.249 e. The molecule has 0 rings (SSSR count). The summed E-state index contributed by atoms with van der Waals surface area (Å²) in [5, 5.41) is 43.1. The molecular weight excluding hydrogens is 466 g/mol. The molecule has 0 aromatic heterocycles. The topological polar surface area (TPSA) is 110 Å². The smallest absolute Gasteiger partial charge is 0.249 e. The average molecular weight is 530 g/mol. The van der Waals surface area contributed by atoms with Crippen LogP contribution in [-0.4, -0.2) is 57.3 Å². The maximum atomic E-state index is 12.3. The zero-order chi connectivity index (χ0) is 27.6. The van der Waals surface area contributed by atoms with Gasteiger partial charge in [0.1, 0.15) is 12.2 Å². The third-order valence-corrected chi connectivity index (χ3v) is 7.57. The molecule has 0 radical (unpaired) electrons. The highest BCUT2D eigenvalue weighted by atomic mass is 16.3. The predicted octanol–water partition coefficient (Wildman–Crippen LogP) is 6.56. The van der Waals surface area contributed by atoms with Crippen molar-refractivity contribution in [2.24, 2.45) is 0 Å². The van der Waals surface area contributed by atoms with Gasteiger partial charge in [-0.25, -0.2) is 0 Å². The average Bonchev–Trinajstić information content (AvgIpc) is 2.90. The molecule has 222 valence electrons. The van der Waals surface area contributed by atoms with Crippen molar-refractivity contribution < 1.29 is 25.2 Å². The molecular formula is C31H63NO5. The molecule has 5 N–H and O–H groups in total. The van der Waals surface area contributed by atoms with E-state index in [0.29, 0.717) is 12.8 Å². The fourth-order valence-corrected chi connectivity index (χ4v) is 4.93. The van der Waals surface area contributed by atoms with Crippen LogP contribution in [0.2, 0.25) is 0 Å². The minimum atomic E-state index is -1.25. The third kappa shape index (κ3) is 21.9. The van der Waals surface area contributed by atoms with Crippen LogP contribution in [0.5, 0.6) is 0 Å². The van der Waals surface area contributed by atoms with E-state index in [1.165, 1.54) is 96.3 Å². The monoisotopic (exact) mass is 529 g/mol. The molecule has 37 heavy (non-hydrogen) atoms. The molecule has 6 heteroatoms. The van der Waals surface area contributed by atoms with Gasteiger partial charge in [0.15, 0.2) is 0 Å². The van der Waals surface area contributed by atoms with Gasteiger partial charge in [-0.05, 0) is 12.8 Å². The van der Waals surface area contributed by atoms with E-state index in [4.69, 9.17) is 0 Å². The molecule has 1 amide bonds. The lowest BCUT2D eigenvalue weighted by atomic mass is 9.99. The molecule has 0 aliphatic carbocycles. The lowest BCUT2D eigenvalue weighted by Crippen LogP contribution is -2.53. The van der Waals surface area contributed by atoms with E-state index < -0.39 is 36.9 Å². The Morgan fingerprint density at radius 1 is 0.568 bits per heavy atom. The SMILES string of the molecule is CCCCCCCCCCCCCCC(O)C(=O)NC(CO)C(O)C(O)CCCCCCCCCCC. The number of carbonyl (C=O) groups excluding carboxylic acids is 1. The molecule has 0 bridgehead atoms. The molecule has 0 spiro atoms. The van der Waals surface area contributed by atoms with Crippen LogP contribution in [0.3, 0.4) is 0 Å². The van der Waals surface area contributed by atoms with Crippen molar-refractivity contribution in [3.8, 4) is 0 Å². The number of nitrogens with one attached hydrogen (secondary N) is 1. The summed E-state index contributed by atoms with van der Waals surface area (Å²) in [6.45, 7) is 3.98. The Morgan fingerprint density at radius 2 is 0.919 bits per heavy atom. The Kier molecular flexibility index (Phi) is 26.4. The van der Waals surface area contributed by atoms with Gasteiger partial charge in [0.2, 0.25) is 5.91 Å². The Balaban J connectivity index is 3.88. The van der Waals surface area contributed by atoms with Crippen LogP contribution in [0.1, 0.15) is 162 Å². The number of rotatable bonds is 28. The molecule has 0 saturated heterocycles. The zero-order valence-corrected chi connectivity index (χ0v) is 24.5. The largest absolute Gasteiger partial charge is 0.394 e. The number of aliphatic hydroxyl groups excluding tert-OH is 4. The van der Waals surface area contributed by atoms with Crippen LogP contribution in [0.4, 0.5) is 0 Å². The van der Waals surface area contributed by atoms with Crippen LogP contribution in [-0.2, 0) is 4.79 Å². The van der Waals surface area contributed by atoms with Gasteiger partial charge in [-0.15, -0.1) is 0 Å². The van der Waals surface area contributed by atoms with Crippen LogP contribution >= 0.6 is 0 Å². The molecule has 0 fully saturated rings. The van der Waals surface area contributed by atoms with E-state index in [1.54, 1.807) is 0 Å². The van der Waals surface area contributed by atoms with Gasteiger partial charge < -0.3 is 25.7 Å². The van der Waals surface area contributed by atoms with Gasteiger partial charge >= 0.3 is 0 Å². The van der Waals surface area contributed by atoms with E-state index in [2.05, 4.69) is 19.2 Å². The second-order valence-corrected chi connectivity index (χ2v) is 11.2. The van der Waals surface area contributed by atoms with Gasteiger partial charge in [-0.3, -0.25) is 4.79 Å². The van der Waals surface area contributed by atoms with Crippen molar-refractivity contribution in [2.45, 2.75) is 186 Å². The Bertz CT molecular complexity index is 490. The molecule has 0 aromatic rings. The van der Waals surface area contributed by atoms with E-state index in [1.807, 2.05) is 0 Å². The van der Waals surface area contributed by atoms with E-state index in [9.17, 15) is 25.2 Å². The number of unbranched alkanes of at least 4 members (excludes halogenated alkanes) is 19. The highest BCUT2D eigenvalue weighted by Gasteiger charge is 2.28. The summed E-state index contributed by atoms with van der Waals surface area (Å²) in [4.78, 5) is 12.3. The first-order chi connectivity index (χ1) is 18.0. The number of carbonyl (C=O) groups is 1. The number of hydrogen-bond acceptors (Lipinski definition) is 5. The van der Waals surface area contributed by atoms with Crippen LogP contribution in [0.25, 0.3) is 0 Å². The molecule has 6 nitrogen and oxygen atoms in total. The summed E-state index contributed by atoms with van der Waals surface area (Å²) in [6.07, 6.45) is 22.7. The molecule has 0 saturated carbocycles. The second-order valence-electron chi connectivity index (χ2n) is 11.2. The predicted molar refractivity (Wildman–Crippen MR) is 155 cm³/mol. The first-order valence-electron chi connectivity index (χ1n) is 15.9. The van der Waals surface area contributed by atoms with Gasteiger partial charge in [0.25, 0.3) is 0 Å². The number of aliphatic hydroxyl groups is 4. The maximum absolute atomic E-state index is 12.3. The summed E-state index contributed by atoms with van der Waals surface area (Å²) >= 11 is 0. The lowest BCUT2D eigenvalue weighted by Gasteiger charge is -2.27. The zero-order valence-electron chi connectivity index (χ0n) is 24.5. The van der Waals surface area contributed by atoms with Crippen LogP contribution in [0.15, 0.2) is 0 Å². The van der Waals surface area contributed by atoms with Crippen molar-refractivity contribution in [3.63, 3.8) is 0 Å². The van der Waals surface area contributed by atoms with Crippen molar-refractivity contribution in [2.75, 3.05) is 6.61 Å². The van der Waals surface area contributed by atoms with E-state index in [-0.39, 0.29) is 0 Å². The fourth-order valence-electron chi connectivity index (χ4n) is 4.93. The van der Waals surface area contributed by atoms with Gasteiger partial charge in [-0.1, -0.05) is 149 Å². The highest BCUT2D eigenvalue weighted by molar-refractivity contribution is 5.80. The normalized spacial score (nSPS) is 14.9. The Hall–Kier alpha value is -0.690. The van der Waals surface area contributed by atoms with Gasteiger partial charge in [0.05, 0.1) is 18.8 Å². The standard InChI is InChI=1S/C31H63NO5/c1-3-5-7-9-11-13-14-15-17-19-21-23-25-29(35)31(37)32-27(26-33)30(36)28(34)24-22-20-18-16-12-10-8-6-4-2/h27-30,33-36H,3-26H2,1-2H3,(H,32,37). The highest BCUT2D eigenvalue weighted by Crippen LogP contribution is 2.15. The number of amides is 1. The van der Waals surface area contributed by atoms with Crippen molar-refractivity contribution in [3.05, 3.63) is 0 Å². The van der Waals surface area contributed by atoms with Crippen molar-refractivity contribution >= 4 is 5.91 Å². The Labute approximate surface area is 229 Å². The van der Waals surface area contributed by atoms with E-state index >= 15 is 0 Å². The van der Waals surface area contributed by atoms with Crippen LogP contribution < -0.4 is 5.32 Å². The molecule has 0 heterocycles. The molecule has 0 aliphatic rings. The molecule has 4 unspecified atom stereocenters. The quantitative estimate of drug-likeness (QED) is 0.0737. The minimum absolute atomic E-state index is 0.374. The summed E-state index contributed by atoms with van der Waals surface area (Å²) in [7, 11) is 0. The summed E-state index contributed by atoms with van der Waals surface area (Å²) < 4.78 is 0. The summed E-state index contributed by atoms with van der Waals surface area (Å²) in [6, 6.07) is -0.974. The third-order valence-electron chi connectivity index (χ3n) is 7.57. The van der Waals surface area contributed by atoms with E-state index in [0.717, 1.165) is 38.5 Å². The molecule has 0 aliphatic heterocycles. The second kappa shape index (κ2) is 26.9. The van der Waals surface area contributed by atoms with Crippen molar-refractivity contribution in [1.82, 2.24) is 5.32 Å². The van der Waals surface area contributed by atoms with Gasteiger partial charge in [0, 0.05) is 0 Å². The first-order valence-corrected chi connectivity index (χ1v) is 15.9. The minimum Gasteiger partial charge on any atom is -0.394 e. The fraction of sp³-hybridized carbons (Fsp3) is 0.968. The van der Waals surface area contributed by atoms with Crippen LogP contribution in [0, 0.1) is 0 Å². The van der Waals surface area contributed by atoms with Gasteiger partial charge in [-0.2, -0.15) is 0 Å². The summed E-state index contributed by atoms with van der Waals surface area (Å²) in [5.41, 5.74) is 0. The molecule has 4 atom stereocenters. The first kappa shape index (κ1) is 36.3. The summed E-state index contributed by atoms with van der Waals surface area (Å²) in [5.74, 6) is -0.587. The van der Waals surface area contributed by atoms with Crippen molar-refractivity contribution in [1.29, 1.82) is 0 Å². The lowest BCUT2D eigenvalue weighted by molar-refractivity contribution is -0.132.